The monoisotopic (exact) mass is 343 g/mol. The minimum atomic E-state index is 0.387. The zero-order valence-electron chi connectivity index (χ0n) is 13.5. The molecule has 2 heterocycles. The predicted molar refractivity (Wildman–Crippen MR) is 95.5 cm³/mol. The Kier molecular flexibility index (Phi) is 4.96. The lowest BCUT2D eigenvalue weighted by atomic mass is 10.1. The van der Waals surface area contributed by atoms with Crippen molar-refractivity contribution in [3.63, 3.8) is 0 Å². The Morgan fingerprint density at radius 1 is 1.17 bits per heavy atom. The molecule has 0 spiro atoms. The van der Waals surface area contributed by atoms with Gasteiger partial charge in [0.1, 0.15) is 18.3 Å². The minimum absolute atomic E-state index is 0.387. The van der Waals surface area contributed by atoms with Crippen LogP contribution < -0.4 is 10.6 Å². The molecular weight excluding hydrogens is 326 g/mol. The molecule has 124 valence electrons. The standard InChI is InChI=1S/C17H18ClN5O/c1-11-3-5-12(6-4-11)17-23-13(9-24-17)7-8-20-16-14(19-2)15(18)21-10-22-16/h3-6,9-10,19H,7-8H2,1-2H3,(H,20,21,22). The van der Waals surface area contributed by atoms with E-state index < -0.39 is 0 Å². The van der Waals surface area contributed by atoms with E-state index in [1.165, 1.54) is 11.9 Å². The van der Waals surface area contributed by atoms with E-state index in [2.05, 4.69) is 32.5 Å². The van der Waals surface area contributed by atoms with Gasteiger partial charge in [-0.2, -0.15) is 0 Å². The average molecular weight is 344 g/mol. The van der Waals surface area contributed by atoms with Gasteiger partial charge in [0.05, 0.1) is 5.69 Å². The van der Waals surface area contributed by atoms with Crippen molar-refractivity contribution in [1.29, 1.82) is 0 Å². The third-order valence-electron chi connectivity index (χ3n) is 3.57. The highest BCUT2D eigenvalue weighted by molar-refractivity contribution is 6.32. The number of oxazole rings is 1. The summed E-state index contributed by atoms with van der Waals surface area (Å²) in [6.45, 7) is 2.71. The number of halogens is 1. The molecule has 0 saturated carbocycles. The zero-order chi connectivity index (χ0) is 16.9. The van der Waals surface area contributed by atoms with Crippen LogP contribution in [0.4, 0.5) is 11.5 Å². The number of aryl methyl sites for hydroxylation is 1. The van der Waals surface area contributed by atoms with Gasteiger partial charge < -0.3 is 15.1 Å². The first-order chi connectivity index (χ1) is 11.7. The first-order valence-electron chi connectivity index (χ1n) is 7.61. The Morgan fingerprint density at radius 3 is 2.71 bits per heavy atom. The summed E-state index contributed by atoms with van der Waals surface area (Å²) < 4.78 is 5.56. The largest absolute Gasteiger partial charge is 0.444 e. The molecule has 0 atom stereocenters. The Bertz CT molecular complexity index is 816. The van der Waals surface area contributed by atoms with Crippen LogP contribution >= 0.6 is 11.6 Å². The average Bonchev–Trinajstić information content (AvgIpc) is 3.04. The number of hydrogen-bond acceptors (Lipinski definition) is 6. The summed E-state index contributed by atoms with van der Waals surface area (Å²) in [4.78, 5) is 12.7. The third-order valence-corrected chi connectivity index (χ3v) is 3.86. The third kappa shape index (κ3) is 3.65. The molecule has 0 bridgehead atoms. The van der Waals surface area contributed by atoms with Crippen molar-refractivity contribution >= 4 is 23.1 Å². The van der Waals surface area contributed by atoms with Crippen LogP contribution in [0.5, 0.6) is 0 Å². The first kappa shape index (κ1) is 16.3. The highest BCUT2D eigenvalue weighted by atomic mass is 35.5. The van der Waals surface area contributed by atoms with Crippen LogP contribution in [0, 0.1) is 6.92 Å². The molecule has 7 heteroatoms. The van der Waals surface area contributed by atoms with Crippen LogP contribution in [0.25, 0.3) is 11.5 Å². The molecule has 0 fully saturated rings. The van der Waals surface area contributed by atoms with Crippen LogP contribution in [-0.4, -0.2) is 28.5 Å². The van der Waals surface area contributed by atoms with Crippen LogP contribution in [0.15, 0.2) is 41.3 Å². The van der Waals surface area contributed by atoms with Crippen LogP contribution in [0.2, 0.25) is 5.15 Å². The number of rotatable bonds is 6. The van der Waals surface area contributed by atoms with Crippen LogP contribution in [0.3, 0.4) is 0 Å². The van der Waals surface area contributed by atoms with Gasteiger partial charge in [-0.15, -0.1) is 0 Å². The van der Waals surface area contributed by atoms with E-state index in [0.717, 1.165) is 11.3 Å². The van der Waals surface area contributed by atoms with Crippen molar-refractivity contribution in [2.75, 3.05) is 24.2 Å². The van der Waals surface area contributed by atoms with Crippen LogP contribution in [0.1, 0.15) is 11.3 Å². The molecular formula is C17H18ClN5O. The van der Waals surface area contributed by atoms with E-state index in [9.17, 15) is 0 Å². The number of benzene rings is 1. The van der Waals surface area contributed by atoms with Gasteiger partial charge in [0.2, 0.25) is 5.89 Å². The van der Waals surface area contributed by atoms with E-state index >= 15 is 0 Å². The lowest BCUT2D eigenvalue weighted by Crippen LogP contribution is -2.09. The molecule has 0 aliphatic rings. The fourth-order valence-corrected chi connectivity index (χ4v) is 2.51. The van der Waals surface area contributed by atoms with Gasteiger partial charge in [0.15, 0.2) is 11.0 Å². The Balaban J connectivity index is 1.62. The number of aromatic nitrogens is 3. The molecule has 3 rings (SSSR count). The summed E-state index contributed by atoms with van der Waals surface area (Å²) in [5.74, 6) is 1.30. The van der Waals surface area contributed by atoms with Crippen molar-refractivity contribution in [2.24, 2.45) is 0 Å². The molecule has 0 amide bonds. The highest BCUT2D eigenvalue weighted by Crippen LogP contribution is 2.25. The van der Waals surface area contributed by atoms with E-state index in [4.69, 9.17) is 16.0 Å². The maximum Gasteiger partial charge on any atom is 0.226 e. The molecule has 0 saturated heterocycles. The van der Waals surface area contributed by atoms with Gasteiger partial charge in [0.25, 0.3) is 0 Å². The number of anilines is 2. The molecule has 0 unspecified atom stereocenters. The molecule has 0 aliphatic carbocycles. The van der Waals surface area contributed by atoms with Gasteiger partial charge in [0, 0.05) is 25.6 Å². The van der Waals surface area contributed by atoms with E-state index in [1.807, 2.05) is 24.3 Å². The van der Waals surface area contributed by atoms with Gasteiger partial charge in [-0.05, 0) is 19.1 Å². The fraction of sp³-hybridized carbons (Fsp3) is 0.235. The second-order valence-electron chi connectivity index (χ2n) is 5.32. The molecule has 1 aromatic carbocycles. The van der Waals surface area contributed by atoms with Gasteiger partial charge in [-0.1, -0.05) is 29.3 Å². The fourth-order valence-electron chi connectivity index (χ4n) is 2.28. The summed E-state index contributed by atoms with van der Waals surface area (Å²) in [5.41, 5.74) is 3.74. The van der Waals surface area contributed by atoms with Gasteiger partial charge >= 0.3 is 0 Å². The second-order valence-corrected chi connectivity index (χ2v) is 5.68. The predicted octanol–water partition coefficient (Wildman–Crippen LogP) is 3.79. The first-order valence-corrected chi connectivity index (χ1v) is 7.98. The molecule has 6 nitrogen and oxygen atoms in total. The minimum Gasteiger partial charge on any atom is -0.444 e. The lowest BCUT2D eigenvalue weighted by molar-refractivity contribution is 0.572. The van der Waals surface area contributed by atoms with Crippen molar-refractivity contribution in [3.8, 4) is 11.5 Å². The summed E-state index contributed by atoms with van der Waals surface area (Å²) in [6, 6.07) is 8.09. The molecule has 0 aliphatic heterocycles. The molecule has 2 aromatic heterocycles. The van der Waals surface area contributed by atoms with E-state index in [1.54, 1.807) is 13.3 Å². The van der Waals surface area contributed by atoms with E-state index in [-0.39, 0.29) is 0 Å². The topological polar surface area (TPSA) is 75.9 Å². The maximum absolute atomic E-state index is 6.03. The summed E-state index contributed by atoms with van der Waals surface area (Å²) in [5, 5.41) is 6.61. The SMILES string of the molecule is CNc1c(Cl)ncnc1NCCc1coc(-c2ccc(C)cc2)n1. The zero-order valence-corrected chi connectivity index (χ0v) is 14.3. The summed E-state index contributed by atoms with van der Waals surface area (Å²) >= 11 is 6.03. The normalized spacial score (nSPS) is 10.6. The lowest BCUT2D eigenvalue weighted by Gasteiger charge is -2.10. The highest BCUT2D eigenvalue weighted by Gasteiger charge is 2.09. The maximum atomic E-state index is 6.03. The van der Waals surface area contributed by atoms with Gasteiger partial charge in [-0.25, -0.2) is 15.0 Å². The summed E-state index contributed by atoms with van der Waals surface area (Å²) in [6.07, 6.45) is 3.82. The van der Waals surface area contributed by atoms with Crippen molar-refractivity contribution in [2.45, 2.75) is 13.3 Å². The Labute approximate surface area is 145 Å². The number of nitrogens with one attached hydrogen (secondary N) is 2. The second kappa shape index (κ2) is 7.31. The van der Waals surface area contributed by atoms with Crippen LogP contribution in [-0.2, 0) is 6.42 Å². The molecule has 0 radical (unpaired) electrons. The molecule has 24 heavy (non-hydrogen) atoms. The smallest absolute Gasteiger partial charge is 0.226 e. The van der Waals surface area contributed by atoms with Crippen molar-refractivity contribution < 1.29 is 4.42 Å². The van der Waals surface area contributed by atoms with E-state index in [0.29, 0.717) is 35.5 Å². The quantitative estimate of drug-likeness (QED) is 0.663. The molecule has 2 N–H and O–H groups in total. The Morgan fingerprint density at radius 2 is 1.96 bits per heavy atom. The van der Waals surface area contributed by atoms with Crippen molar-refractivity contribution in [1.82, 2.24) is 15.0 Å². The van der Waals surface area contributed by atoms with Crippen molar-refractivity contribution in [3.05, 3.63) is 53.3 Å². The molecule has 3 aromatic rings. The Hall–Kier alpha value is -2.60. The van der Waals surface area contributed by atoms with Gasteiger partial charge in [-0.3, -0.25) is 0 Å². The number of nitrogens with zero attached hydrogens (tertiary/aromatic N) is 3. The summed E-state index contributed by atoms with van der Waals surface area (Å²) in [7, 11) is 1.78. The number of hydrogen-bond donors (Lipinski definition) is 2.